The van der Waals surface area contributed by atoms with Crippen molar-refractivity contribution in [1.29, 1.82) is 0 Å². The predicted molar refractivity (Wildman–Crippen MR) is 106 cm³/mol. The van der Waals surface area contributed by atoms with Crippen LogP contribution in [0.5, 0.6) is 0 Å². The van der Waals surface area contributed by atoms with Crippen LogP contribution in [0.15, 0.2) is 65.7 Å². The lowest BCUT2D eigenvalue weighted by Crippen LogP contribution is -2.21. The number of carbonyl (C=O) groups is 2. The van der Waals surface area contributed by atoms with E-state index in [1.807, 2.05) is 0 Å². The Bertz CT molecular complexity index is 1340. The number of anilines is 1. The highest BCUT2D eigenvalue weighted by molar-refractivity contribution is 6.08. The number of rotatable bonds is 5. The SMILES string of the molecule is O=C(O)c1cccc(NC(=O)c2c[nH]n3c(=O)c(Cc4ccccc4F)cnc23)c1. The van der Waals surface area contributed by atoms with E-state index in [1.165, 1.54) is 36.7 Å². The molecule has 4 aromatic rings. The summed E-state index contributed by atoms with van der Waals surface area (Å²) in [6, 6.07) is 11.9. The Morgan fingerprint density at radius 2 is 1.93 bits per heavy atom. The van der Waals surface area contributed by atoms with Crippen LogP contribution >= 0.6 is 0 Å². The number of aromatic nitrogens is 3. The van der Waals surface area contributed by atoms with Crippen molar-refractivity contribution in [2.45, 2.75) is 6.42 Å². The fourth-order valence-electron chi connectivity index (χ4n) is 3.06. The highest BCUT2D eigenvalue weighted by Crippen LogP contribution is 2.15. The lowest BCUT2D eigenvalue weighted by molar-refractivity contribution is 0.0696. The monoisotopic (exact) mass is 406 g/mol. The van der Waals surface area contributed by atoms with Gasteiger partial charge in [0.25, 0.3) is 11.5 Å². The number of hydrogen-bond acceptors (Lipinski definition) is 4. The molecule has 0 unspecified atom stereocenters. The van der Waals surface area contributed by atoms with Crippen molar-refractivity contribution in [3.63, 3.8) is 0 Å². The predicted octanol–water partition coefficient (Wildman–Crippen LogP) is 2.70. The second-order valence-electron chi connectivity index (χ2n) is 6.54. The quantitative estimate of drug-likeness (QED) is 0.471. The van der Waals surface area contributed by atoms with E-state index in [-0.39, 0.29) is 34.4 Å². The fraction of sp³-hybridized carbons (Fsp3) is 0.0476. The summed E-state index contributed by atoms with van der Waals surface area (Å²) in [6.45, 7) is 0. The van der Waals surface area contributed by atoms with Crippen molar-refractivity contribution >= 4 is 23.2 Å². The number of nitrogens with one attached hydrogen (secondary N) is 2. The molecule has 0 aliphatic rings. The molecule has 0 atom stereocenters. The molecule has 30 heavy (non-hydrogen) atoms. The Morgan fingerprint density at radius 1 is 1.13 bits per heavy atom. The summed E-state index contributed by atoms with van der Waals surface area (Å²) in [5.74, 6) is -2.10. The lowest BCUT2D eigenvalue weighted by Gasteiger charge is -2.06. The summed E-state index contributed by atoms with van der Waals surface area (Å²) < 4.78 is 15.0. The molecule has 4 rings (SSSR count). The van der Waals surface area contributed by atoms with E-state index in [9.17, 15) is 18.8 Å². The zero-order valence-corrected chi connectivity index (χ0v) is 15.4. The van der Waals surface area contributed by atoms with Crippen LogP contribution in [0.25, 0.3) is 5.65 Å². The molecule has 0 aliphatic heterocycles. The van der Waals surface area contributed by atoms with Gasteiger partial charge in [-0.2, -0.15) is 0 Å². The largest absolute Gasteiger partial charge is 0.478 e. The zero-order chi connectivity index (χ0) is 21.3. The van der Waals surface area contributed by atoms with Gasteiger partial charge >= 0.3 is 5.97 Å². The first-order valence-corrected chi connectivity index (χ1v) is 8.90. The van der Waals surface area contributed by atoms with E-state index < -0.39 is 23.3 Å². The summed E-state index contributed by atoms with van der Waals surface area (Å²) in [7, 11) is 0. The molecule has 0 radical (unpaired) electrons. The number of carbonyl (C=O) groups excluding carboxylic acids is 1. The topological polar surface area (TPSA) is 117 Å². The Balaban J connectivity index is 1.63. The van der Waals surface area contributed by atoms with Crippen LogP contribution in [0.2, 0.25) is 0 Å². The number of fused-ring (bicyclic) bond motifs is 1. The van der Waals surface area contributed by atoms with Crippen molar-refractivity contribution in [2.24, 2.45) is 0 Å². The van der Waals surface area contributed by atoms with Gasteiger partial charge in [0.15, 0.2) is 5.65 Å². The molecule has 2 aromatic carbocycles. The molecule has 3 N–H and O–H groups in total. The minimum Gasteiger partial charge on any atom is -0.478 e. The van der Waals surface area contributed by atoms with Crippen LogP contribution in [-0.2, 0) is 6.42 Å². The van der Waals surface area contributed by atoms with Gasteiger partial charge in [-0.15, -0.1) is 0 Å². The van der Waals surface area contributed by atoms with Crippen molar-refractivity contribution in [2.75, 3.05) is 5.32 Å². The molecule has 0 fully saturated rings. The first kappa shape index (κ1) is 19.1. The van der Waals surface area contributed by atoms with E-state index in [1.54, 1.807) is 24.3 Å². The molecule has 0 saturated heterocycles. The molecule has 0 spiro atoms. The summed E-state index contributed by atoms with van der Waals surface area (Å²) in [4.78, 5) is 40.6. The van der Waals surface area contributed by atoms with Crippen LogP contribution in [0.4, 0.5) is 10.1 Å². The molecule has 9 heteroatoms. The smallest absolute Gasteiger partial charge is 0.335 e. The number of amides is 1. The van der Waals surface area contributed by atoms with Crippen LogP contribution in [0, 0.1) is 5.82 Å². The summed E-state index contributed by atoms with van der Waals surface area (Å²) >= 11 is 0. The van der Waals surface area contributed by atoms with Crippen molar-refractivity contribution in [3.8, 4) is 0 Å². The van der Waals surface area contributed by atoms with Gasteiger partial charge < -0.3 is 10.4 Å². The number of hydrogen-bond donors (Lipinski definition) is 3. The van der Waals surface area contributed by atoms with E-state index in [0.29, 0.717) is 5.56 Å². The normalized spacial score (nSPS) is 10.8. The van der Waals surface area contributed by atoms with Crippen molar-refractivity contribution in [1.82, 2.24) is 14.6 Å². The van der Waals surface area contributed by atoms with E-state index in [4.69, 9.17) is 5.11 Å². The third-order valence-corrected chi connectivity index (χ3v) is 4.56. The minimum absolute atomic E-state index is 0.0267. The number of carboxylic acid groups (broad SMARTS) is 1. The van der Waals surface area contributed by atoms with E-state index in [0.717, 1.165) is 4.52 Å². The fourth-order valence-corrected chi connectivity index (χ4v) is 3.06. The number of halogens is 1. The molecule has 0 aliphatic carbocycles. The number of benzene rings is 2. The average Bonchev–Trinajstić information content (AvgIpc) is 3.17. The van der Waals surface area contributed by atoms with Gasteiger partial charge in [-0.25, -0.2) is 18.7 Å². The maximum atomic E-state index is 13.9. The Hall–Kier alpha value is -4.27. The van der Waals surface area contributed by atoms with Crippen molar-refractivity contribution < 1.29 is 19.1 Å². The molecule has 150 valence electrons. The third-order valence-electron chi connectivity index (χ3n) is 4.56. The van der Waals surface area contributed by atoms with Crippen LogP contribution in [-0.4, -0.2) is 31.6 Å². The number of nitrogens with zero attached hydrogens (tertiary/aromatic N) is 2. The van der Waals surface area contributed by atoms with Crippen LogP contribution in [0.3, 0.4) is 0 Å². The second-order valence-corrected chi connectivity index (χ2v) is 6.54. The third kappa shape index (κ3) is 3.55. The number of aromatic amines is 1. The Kier molecular flexibility index (Phi) is 4.85. The van der Waals surface area contributed by atoms with Crippen LogP contribution in [0.1, 0.15) is 31.8 Å². The molecule has 8 nitrogen and oxygen atoms in total. The van der Waals surface area contributed by atoms with Crippen LogP contribution < -0.4 is 10.9 Å². The first-order valence-electron chi connectivity index (χ1n) is 8.90. The van der Waals surface area contributed by atoms with Gasteiger partial charge in [-0.3, -0.25) is 14.7 Å². The van der Waals surface area contributed by atoms with Gasteiger partial charge in [0, 0.05) is 30.1 Å². The summed E-state index contributed by atoms with van der Waals surface area (Å²) in [5, 5.41) is 14.3. The number of carboxylic acids is 1. The highest BCUT2D eigenvalue weighted by atomic mass is 19.1. The molecule has 1 amide bonds. The maximum absolute atomic E-state index is 13.9. The molecular weight excluding hydrogens is 391 g/mol. The molecule has 2 heterocycles. The zero-order valence-electron chi connectivity index (χ0n) is 15.4. The second kappa shape index (κ2) is 7.63. The molecule has 0 bridgehead atoms. The standard InChI is InChI=1S/C21H15FN4O4/c22-17-7-2-1-4-12(17)8-14-10-23-18-16(11-24-26(18)20(14)28)19(27)25-15-6-3-5-13(9-15)21(29)30/h1-7,9-11,24H,8H2,(H,25,27)(H,29,30). The van der Waals surface area contributed by atoms with Gasteiger partial charge in [-0.05, 0) is 29.8 Å². The van der Waals surface area contributed by atoms with Gasteiger partial charge in [0.1, 0.15) is 11.4 Å². The highest BCUT2D eigenvalue weighted by Gasteiger charge is 2.17. The first-order chi connectivity index (χ1) is 14.4. The molecule has 2 aromatic heterocycles. The van der Waals surface area contributed by atoms with Crippen molar-refractivity contribution in [3.05, 3.63) is 99.3 Å². The summed E-state index contributed by atoms with van der Waals surface area (Å²) in [5.41, 5.74) is 0.695. The molecular formula is C21H15FN4O4. The summed E-state index contributed by atoms with van der Waals surface area (Å²) in [6.07, 6.45) is 2.71. The lowest BCUT2D eigenvalue weighted by atomic mass is 10.1. The van der Waals surface area contributed by atoms with Gasteiger partial charge in [0.05, 0.1) is 5.56 Å². The minimum atomic E-state index is -1.12. The average molecular weight is 406 g/mol. The Morgan fingerprint density at radius 3 is 2.70 bits per heavy atom. The van der Waals surface area contributed by atoms with E-state index >= 15 is 0 Å². The Labute approximate surface area is 168 Å². The maximum Gasteiger partial charge on any atom is 0.335 e. The van der Waals surface area contributed by atoms with Gasteiger partial charge in [-0.1, -0.05) is 24.3 Å². The van der Waals surface area contributed by atoms with Gasteiger partial charge in [0.2, 0.25) is 0 Å². The number of H-pyrrole nitrogens is 1. The molecule has 0 saturated carbocycles. The van der Waals surface area contributed by atoms with E-state index in [2.05, 4.69) is 15.4 Å². The number of aromatic carboxylic acids is 1.